The highest BCUT2D eigenvalue weighted by molar-refractivity contribution is 9.10. The van der Waals surface area contributed by atoms with Gasteiger partial charge in [-0.05, 0) is 50.3 Å². The number of aryl methyl sites for hydroxylation is 1. The zero-order valence-electron chi connectivity index (χ0n) is 15.8. The second kappa shape index (κ2) is 13.1. The quantitative estimate of drug-likeness (QED) is 0.324. The monoisotopic (exact) mass is 425 g/mol. The molecule has 1 aliphatic rings. The molecule has 0 saturated carbocycles. The van der Waals surface area contributed by atoms with Gasteiger partial charge in [-0.2, -0.15) is 0 Å². The first-order valence-corrected chi connectivity index (χ1v) is 10.5. The normalized spacial score (nSPS) is 17.5. The van der Waals surface area contributed by atoms with Crippen LogP contribution in [0.4, 0.5) is 0 Å². The highest BCUT2D eigenvalue weighted by Gasteiger charge is 2.15. The molecule has 0 aromatic heterocycles. The van der Waals surface area contributed by atoms with Crippen LogP contribution in [0.3, 0.4) is 0 Å². The highest BCUT2D eigenvalue weighted by atomic mass is 79.9. The first kappa shape index (κ1) is 21.2. The van der Waals surface area contributed by atoms with Crippen LogP contribution in [0.2, 0.25) is 0 Å². The van der Waals surface area contributed by atoms with Gasteiger partial charge >= 0.3 is 0 Å². The molecule has 0 amide bonds. The summed E-state index contributed by atoms with van der Waals surface area (Å²) >= 11 is 3.52. The van der Waals surface area contributed by atoms with Gasteiger partial charge in [0.15, 0.2) is 5.96 Å². The first-order valence-electron chi connectivity index (χ1n) is 9.70. The lowest BCUT2D eigenvalue weighted by atomic mass is 10.1. The molecule has 1 aromatic rings. The van der Waals surface area contributed by atoms with E-state index in [1.165, 1.54) is 5.56 Å². The lowest BCUT2D eigenvalue weighted by Crippen LogP contribution is -2.38. The van der Waals surface area contributed by atoms with E-state index < -0.39 is 0 Å². The Bertz CT molecular complexity index is 534. The smallest absolute Gasteiger partial charge is 0.191 e. The van der Waals surface area contributed by atoms with Crippen molar-refractivity contribution in [2.24, 2.45) is 10.9 Å². The van der Waals surface area contributed by atoms with Crippen molar-refractivity contribution in [1.82, 2.24) is 10.6 Å². The third-order valence-electron chi connectivity index (χ3n) is 4.26. The summed E-state index contributed by atoms with van der Waals surface area (Å²) in [4.78, 5) is 4.66. The number of halogens is 1. The van der Waals surface area contributed by atoms with Crippen LogP contribution in [0, 0.1) is 5.92 Å². The SMILES string of the molecule is CCNC(=NCCCc1cccc(Br)c1)NCCCOCC1CCOC1. The number of benzene rings is 1. The third-order valence-corrected chi connectivity index (χ3v) is 4.76. The van der Waals surface area contributed by atoms with Gasteiger partial charge in [0, 0.05) is 43.2 Å². The van der Waals surface area contributed by atoms with Gasteiger partial charge in [0.25, 0.3) is 0 Å². The van der Waals surface area contributed by atoms with E-state index >= 15 is 0 Å². The van der Waals surface area contributed by atoms with Crippen LogP contribution in [0.1, 0.15) is 31.7 Å². The van der Waals surface area contributed by atoms with Crippen molar-refractivity contribution in [1.29, 1.82) is 0 Å². The highest BCUT2D eigenvalue weighted by Crippen LogP contribution is 2.13. The number of guanidine groups is 1. The Kier molecular flexibility index (Phi) is 10.7. The van der Waals surface area contributed by atoms with E-state index in [9.17, 15) is 0 Å². The van der Waals surface area contributed by atoms with Gasteiger partial charge < -0.3 is 20.1 Å². The average Bonchev–Trinajstić information content (AvgIpc) is 3.15. The van der Waals surface area contributed by atoms with Crippen LogP contribution in [0.5, 0.6) is 0 Å². The van der Waals surface area contributed by atoms with Crippen molar-refractivity contribution < 1.29 is 9.47 Å². The number of nitrogens with zero attached hydrogens (tertiary/aromatic N) is 1. The summed E-state index contributed by atoms with van der Waals surface area (Å²) < 4.78 is 12.2. The lowest BCUT2D eigenvalue weighted by Gasteiger charge is -2.12. The van der Waals surface area contributed by atoms with Gasteiger partial charge in [0.2, 0.25) is 0 Å². The third kappa shape index (κ3) is 9.01. The summed E-state index contributed by atoms with van der Waals surface area (Å²) in [5, 5.41) is 6.68. The molecule has 26 heavy (non-hydrogen) atoms. The van der Waals surface area contributed by atoms with Crippen molar-refractivity contribution >= 4 is 21.9 Å². The number of hydrogen-bond donors (Lipinski definition) is 2. The van der Waals surface area contributed by atoms with Gasteiger partial charge in [0.05, 0.1) is 13.2 Å². The molecule has 1 atom stereocenters. The zero-order chi connectivity index (χ0) is 18.5. The van der Waals surface area contributed by atoms with Crippen LogP contribution < -0.4 is 10.6 Å². The summed E-state index contributed by atoms with van der Waals surface area (Å²) in [6.45, 7) is 8.00. The molecule has 146 valence electrons. The van der Waals surface area contributed by atoms with Crippen LogP contribution >= 0.6 is 15.9 Å². The molecule has 1 fully saturated rings. The predicted molar refractivity (Wildman–Crippen MR) is 111 cm³/mol. The van der Waals surface area contributed by atoms with Crippen LogP contribution in [0.25, 0.3) is 0 Å². The minimum atomic E-state index is 0.590. The van der Waals surface area contributed by atoms with Crippen LogP contribution in [0.15, 0.2) is 33.7 Å². The maximum atomic E-state index is 5.73. The van der Waals surface area contributed by atoms with Gasteiger partial charge in [-0.25, -0.2) is 0 Å². The maximum Gasteiger partial charge on any atom is 0.191 e. The minimum absolute atomic E-state index is 0.590. The van der Waals surface area contributed by atoms with E-state index in [0.29, 0.717) is 5.92 Å². The molecule has 1 aromatic carbocycles. The van der Waals surface area contributed by atoms with E-state index in [-0.39, 0.29) is 0 Å². The lowest BCUT2D eigenvalue weighted by molar-refractivity contribution is 0.0888. The molecular weight excluding hydrogens is 394 g/mol. The second-order valence-electron chi connectivity index (χ2n) is 6.58. The molecule has 0 aliphatic carbocycles. The zero-order valence-corrected chi connectivity index (χ0v) is 17.4. The number of ether oxygens (including phenoxy) is 2. The fourth-order valence-corrected chi connectivity index (χ4v) is 3.30. The second-order valence-corrected chi connectivity index (χ2v) is 7.49. The first-order chi connectivity index (χ1) is 12.8. The molecule has 0 bridgehead atoms. The molecule has 6 heteroatoms. The largest absolute Gasteiger partial charge is 0.381 e. The molecular formula is C20H32BrN3O2. The molecule has 2 N–H and O–H groups in total. The molecule has 1 heterocycles. The van der Waals surface area contributed by atoms with Gasteiger partial charge in [0.1, 0.15) is 0 Å². The molecule has 1 unspecified atom stereocenters. The Labute approximate surface area is 166 Å². The maximum absolute atomic E-state index is 5.73. The molecule has 1 saturated heterocycles. The minimum Gasteiger partial charge on any atom is -0.381 e. The van der Waals surface area contributed by atoms with Gasteiger partial charge in [-0.1, -0.05) is 28.1 Å². The van der Waals surface area contributed by atoms with E-state index in [2.05, 4.69) is 62.7 Å². The van der Waals surface area contributed by atoms with E-state index in [4.69, 9.17) is 9.47 Å². The Morgan fingerprint density at radius 1 is 1.35 bits per heavy atom. The van der Waals surface area contributed by atoms with Crippen molar-refractivity contribution in [3.8, 4) is 0 Å². The molecule has 5 nitrogen and oxygen atoms in total. The van der Waals surface area contributed by atoms with Gasteiger partial charge in [-0.3, -0.25) is 4.99 Å². The Morgan fingerprint density at radius 3 is 3.04 bits per heavy atom. The number of aliphatic imine (C=N–C) groups is 1. The van der Waals surface area contributed by atoms with Gasteiger partial charge in [-0.15, -0.1) is 0 Å². The molecule has 0 spiro atoms. The van der Waals surface area contributed by atoms with Crippen molar-refractivity contribution in [3.63, 3.8) is 0 Å². The molecule has 0 radical (unpaired) electrons. The molecule has 2 rings (SSSR count). The van der Waals surface area contributed by atoms with E-state index in [0.717, 1.165) is 82.2 Å². The number of hydrogen-bond acceptors (Lipinski definition) is 3. The fraction of sp³-hybridized carbons (Fsp3) is 0.650. The predicted octanol–water partition coefficient (Wildman–Crippen LogP) is 3.38. The summed E-state index contributed by atoms with van der Waals surface area (Å²) in [7, 11) is 0. The standard InChI is InChI=1S/C20H32BrN3O2/c1-2-22-20(23-10-4-7-17-6-3-8-19(21)14-17)24-11-5-12-25-15-18-9-13-26-16-18/h3,6,8,14,18H,2,4-5,7,9-13,15-16H2,1H3,(H2,22,23,24). The Balaban J connectivity index is 1.56. The fourth-order valence-electron chi connectivity index (χ4n) is 2.85. The van der Waals surface area contributed by atoms with Crippen molar-refractivity contribution in [2.75, 3.05) is 46.1 Å². The summed E-state index contributed by atoms with van der Waals surface area (Å²) in [5.41, 5.74) is 1.34. The topological polar surface area (TPSA) is 54.9 Å². The summed E-state index contributed by atoms with van der Waals surface area (Å²) in [6, 6.07) is 8.47. The van der Waals surface area contributed by atoms with Crippen LogP contribution in [-0.2, 0) is 15.9 Å². The number of nitrogens with one attached hydrogen (secondary N) is 2. The van der Waals surface area contributed by atoms with Crippen molar-refractivity contribution in [2.45, 2.75) is 32.6 Å². The summed E-state index contributed by atoms with van der Waals surface area (Å²) in [5.74, 6) is 1.48. The Morgan fingerprint density at radius 2 is 2.27 bits per heavy atom. The number of rotatable bonds is 11. The Hall–Kier alpha value is -1.11. The van der Waals surface area contributed by atoms with Crippen molar-refractivity contribution in [3.05, 3.63) is 34.3 Å². The van der Waals surface area contributed by atoms with Crippen LogP contribution in [-0.4, -0.2) is 52.0 Å². The molecule has 1 aliphatic heterocycles. The average molecular weight is 426 g/mol. The van der Waals surface area contributed by atoms with E-state index in [1.807, 2.05) is 0 Å². The van der Waals surface area contributed by atoms with E-state index in [1.54, 1.807) is 0 Å². The summed E-state index contributed by atoms with van der Waals surface area (Å²) in [6.07, 6.45) is 4.20.